The molecule has 1 atom stereocenters. The number of hydrogen-bond donors (Lipinski definition) is 3. The van der Waals surface area contributed by atoms with Gasteiger partial charge in [0.05, 0.1) is 18.6 Å². The van der Waals surface area contributed by atoms with E-state index in [0.717, 1.165) is 0 Å². The van der Waals surface area contributed by atoms with Crippen LogP contribution in [0.3, 0.4) is 0 Å². The van der Waals surface area contributed by atoms with E-state index in [0.29, 0.717) is 17.9 Å². The minimum absolute atomic E-state index is 0.112. The highest BCUT2D eigenvalue weighted by Crippen LogP contribution is 2.21. The molecule has 0 aliphatic heterocycles. The molecule has 8 heteroatoms. The van der Waals surface area contributed by atoms with Crippen LogP contribution in [0.15, 0.2) is 65.8 Å². The van der Waals surface area contributed by atoms with Gasteiger partial charge in [-0.1, -0.05) is 26.8 Å². The third-order valence-corrected chi connectivity index (χ3v) is 4.43. The highest BCUT2D eigenvalue weighted by atomic mass is 16.3. The molecule has 0 saturated carbocycles. The minimum atomic E-state index is -0.357. The highest BCUT2D eigenvalue weighted by Gasteiger charge is 2.26. The highest BCUT2D eigenvalue weighted by molar-refractivity contribution is 6.02. The van der Waals surface area contributed by atoms with Gasteiger partial charge in [-0.15, -0.1) is 0 Å². The first-order valence-corrected chi connectivity index (χ1v) is 9.29. The number of imidazole rings is 1. The standard InChI is InChI=1S/C21H25N5O3/c1-21(2,3)18(13-26-10-9-22-14-26)25-20(28)24-16-7-4-6-15(12-16)23-19(27)17-8-5-11-29-17/h4-12,14,18H,13H2,1-3H3,(H,23,27)(H2,24,25,28)/t18-/m0/s1. The number of urea groups is 1. The first-order valence-electron chi connectivity index (χ1n) is 9.29. The molecule has 152 valence electrons. The number of nitrogens with one attached hydrogen (secondary N) is 3. The van der Waals surface area contributed by atoms with Crippen molar-refractivity contribution in [1.29, 1.82) is 0 Å². The topological polar surface area (TPSA) is 101 Å². The number of rotatable bonds is 6. The predicted molar refractivity (Wildman–Crippen MR) is 111 cm³/mol. The summed E-state index contributed by atoms with van der Waals surface area (Å²) in [7, 11) is 0. The molecule has 0 aliphatic carbocycles. The Morgan fingerprint density at radius 1 is 1.14 bits per heavy atom. The summed E-state index contributed by atoms with van der Waals surface area (Å²) in [6.07, 6.45) is 6.74. The third kappa shape index (κ3) is 5.71. The molecule has 3 amide bonds. The number of furan rings is 1. The van der Waals surface area contributed by atoms with Crippen LogP contribution in [-0.2, 0) is 6.54 Å². The molecule has 0 fully saturated rings. The molecule has 0 bridgehead atoms. The second kappa shape index (κ2) is 8.64. The molecule has 0 spiro atoms. The van der Waals surface area contributed by atoms with Crippen molar-refractivity contribution >= 4 is 23.3 Å². The van der Waals surface area contributed by atoms with E-state index < -0.39 is 0 Å². The molecule has 0 radical (unpaired) electrons. The fraction of sp³-hybridized carbons (Fsp3) is 0.286. The van der Waals surface area contributed by atoms with Gasteiger partial charge in [0.25, 0.3) is 5.91 Å². The van der Waals surface area contributed by atoms with Gasteiger partial charge in [0.1, 0.15) is 0 Å². The van der Waals surface area contributed by atoms with Crippen LogP contribution in [-0.4, -0.2) is 27.5 Å². The minimum Gasteiger partial charge on any atom is -0.459 e. The van der Waals surface area contributed by atoms with E-state index in [-0.39, 0.29) is 29.2 Å². The van der Waals surface area contributed by atoms with E-state index in [1.54, 1.807) is 48.9 Å². The van der Waals surface area contributed by atoms with Gasteiger partial charge in [0.15, 0.2) is 5.76 Å². The Balaban J connectivity index is 1.62. The molecule has 29 heavy (non-hydrogen) atoms. The van der Waals surface area contributed by atoms with Crippen molar-refractivity contribution < 1.29 is 14.0 Å². The molecule has 0 aliphatic rings. The second-order valence-electron chi connectivity index (χ2n) is 7.79. The van der Waals surface area contributed by atoms with Crippen LogP contribution in [0.2, 0.25) is 0 Å². The summed E-state index contributed by atoms with van der Waals surface area (Å²) in [5.41, 5.74) is 0.963. The summed E-state index contributed by atoms with van der Waals surface area (Å²) in [4.78, 5) is 28.7. The van der Waals surface area contributed by atoms with E-state index in [4.69, 9.17) is 4.42 Å². The summed E-state index contributed by atoms with van der Waals surface area (Å²) >= 11 is 0. The number of anilines is 2. The number of nitrogens with zero attached hydrogens (tertiary/aromatic N) is 2. The van der Waals surface area contributed by atoms with Gasteiger partial charge in [0.2, 0.25) is 0 Å². The van der Waals surface area contributed by atoms with Crippen molar-refractivity contribution in [1.82, 2.24) is 14.9 Å². The molecule has 1 aromatic carbocycles. The van der Waals surface area contributed by atoms with Crippen molar-refractivity contribution in [2.24, 2.45) is 5.41 Å². The number of carbonyl (C=O) groups excluding carboxylic acids is 2. The lowest BCUT2D eigenvalue weighted by Crippen LogP contribution is -2.47. The number of benzene rings is 1. The molecular weight excluding hydrogens is 370 g/mol. The van der Waals surface area contributed by atoms with Gasteiger partial charge >= 0.3 is 6.03 Å². The number of aromatic nitrogens is 2. The van der Waals surface area contributed by atoms with Crippen LogP contribution in [0.4, 0.5) is 16.2 Å². The maximum Gasteiger partial charge on any atom is 0.319 e. The Hall–Kier alpha value is -3.55. The quantitative estimate of drug-likeness (QED) is 0.588. The fourth-order valence-corrected chi connectivity index (χ4v) is 2.74. The summed E-state index contributed by atoms with van der Waals surface area (Å²) in [6.45, 7) is 6.81. The summed E-state index contributed by atoms with van der Waals surface area (Å²) in [6, 6.07) is 9.72. The predicted octanol–water partition coefficient (Wildman–Crippen LogP) is 3.96. The molecular formula is C21H25N5O3. The third-order valence-electron chi connectivity index (χ3n) is 4.43. The van der Waals surface area contributed by atoms with Crippen LogP contribution in [0.5, 0.6) is 0 Å². The smallest absolute Gasteiger partial charge is 0.319 e. The van der Waals surface area contributed by atoms with E-state index in [2.05, 4.69) is 41.7 Å². The molecule has 3 rings (SSSR count). The van der Waals surface area contributed by atoms with Gasteiger partial charge in [-0.3, -0.25) is 4.79 Å². The number of carbonyl (C=O) groups is 2. The Labute approximate surface area is 169 Å². The van der Waals surface area contributed by atoms with E-state index >= 15 is 0 Å². The maximum atomic E-state index is 12.6. The molecule has 2 heterocycles. The molecule has 2 aromatic heterocycles. The van der Waals surface area contributed by atoms with Gasteiger partial charge in [-0.25, -0.2) is 9.78 Å². The lowest BCUT2D eigenvalue weighted by Gasteiger charge is -2.31. The molecule has 3 aromatic rings. The lowest BCUT2D eigenvalue weighted by atomic mass is 9.86. The lowest BCUT2D eigenvalue weighted by molar-refractivity contribution is 0.0996. The first-order chi connectivity index (χ1) is 13.8. The fourth-order valence-electron chi connectivity index (χ4n) is 2.74. The largest absolute Gasteiger partial charge is 0.459 e. The zero-order chi connectivity index (χ0) is 20.9. The zero-order valence-corrected chi connectivity index (χ0v) is 16.7. The van der Waals surface area contributed by atoms with Crippen molar-refractivity contribution in [3.63, 3.8) is 0 Å². The molecule has 8 nitrogen and oxygen atoms in total. The van der Waals surface area contributed by atoms with Gasteiger partial charge in [0, 0.05) is 30.3 Å². The maximum absolute atomic E-state index is 12.6. The van der Waals surface area contributed by atoms with E-state index in [9.17, 15) is 9.59 Å². The van der Waals surface area contributed by atoms with E-state index in [1.807, 2.05) is 10.8 Å². The Morgan fingerprint density at radius 2 is 1.90 bits per heavy atom. The molecule has 0 saturated heterocycles. The summed E-state index contributed by atoms with van der Waals surface area (Å²) in [5.74, 6) is -0.140. The van der Waals surface area contributed by atoms with Gasteiger partial charge in [-0.05, 0) is 35.7 Å². The average molecular weight is 395 g/mol. The van der Waals surface area contributed by atoms with Crippen LogP contribution in [0.1, 0.15) is 31.3 Å². The van der Waals surface area contributed by atoms with Crippen LogP contribution >= 0.6 is 0 Å². The number of hydrogen-bond acceptors (Lipinski definition) is 4. The SMILES string of the molecule is CC(C)(C)[C@H](Cn1ccnc1)NC(=O)Nc1cccc(NC(=O)c2ccco2)c1. The van der Waals surface area contributed by atoms with Gasteiger partial charge in [-0.2, -0.15) is 0 Å². The normalized spacial score (nSPS) is 12.2. The summed E-state index contributed by atoms with van der Waals surface area (Å²) < 4.78 is 7.01. The average Bonchev–Trinajstić information content (AvgIpc) is 3.34. The van der Waals surface area contributed by atoms with Gasteiger partial charge < -0.3 is 24.9 Å². The van der Waals surface area contributed by atoms with E-state index in [1.165, 1.54) is 6.26 Å². The molecule has 0 unspecified atom stereocenters. The first kappa shape index (κ1) is 20.2. The Kier molecular flexibility index (Phi) is 6.01. The Morgan fingerprint density at radius 3 is 2.52 bits per heavy atom. The van der Waals surface area contributed by atoms with Crippen molar-refractivity contribution in [3.8, 4) is 0 Å². The second-order valence-corrected chi connectivity index (χ2v) is 7.79. The summed E-state index contributed by atoms with van der Waals surface area (Å²) in [5, 5.41) is 8.59. The van der Waals surface area contributed by atoms with Crippen LogP contribution in [0.25, 0.3) is 0 Å². The van der Waals surface area contributed by atoms with Crippen molar-refractivity contribution in [2.75, 3.05) is 10.6 Å². The zero-order valence-electron chi connectivity index (χ0n) is 16.7. The monoisotopic (exact) mass is 395 g/mol. The molecule has 3 N–H and O–H groups in total. The Bertz CT molecular complexity index is 943. The number of amides is 3. The van der Waals surface area contributed by atoms with Crippen LogP contribution < -0.4 is 16.0 Å². The van der Waals surface area contributed by atoms with Crippen molar-refractivity contribution in [3.05, 3.63) is 67.1 Å². The van der Waals surface area contributed by atoms with Crippen LogP contribution in [0, 0.1) is 5.41 Å². The van der Waals surface area contributed by atoms with Crippen molar-refractivity contribution in [2.45, 2.75) is 33.4 Å².